The van der Waals surface area contributed by atoms with Crippen LogP contribution in [0.15, 0.2) is 0 Å². The molecule has 0 bridgehead atoms. The van der Waals surface area contributed by atoms with Crippen molar-refractivity contribution in [2.75, 3.05) is 39.3 Å². The van der Waals surface area contributed by atoms with Crippen LogP contribution in [0.5, 0.6) is 0 Å². The number of hydrogen-bond donors (Lipinski definition) is 1. The van der Waals surface area contributed by atoms with Crippen LogP contribution in [-0.2, 0) is 4.74 Å². The number of carbonyl (C=O) groups is 1. The molecule has 5 heteroatoms. The van der Waals surface area contributed by atoms with E-state index in [1.165, 1.54) is 0 Å². The Morgan fingerprint density at radius 1 is 1.35 bits per heavy atom. The molecular formula is C15H31N3O2. The van der Waals surface area contributed by atoms with Gasteiger partial charge in [-0.1, -0.05) is 13.8 Å². The van der Waals surface area contributed by atoms with Crippen molar-refractivity contribution < 1.29 is 9.53 Å². The quantitative estimate of drug-likeness (QED) is 0.810. The van der Waals surface area contributed by atoms with Crippen molar-refractivity contribution >= 4 is 6.09 Å². The number of carbonyl (C=O) groups excluding carboxylic acids is 1. The highest BCUT2D eigenvalue weighted by Gasteiger charge is 2.29. The summed E-state index contributed by atoms with van der Waals surface area (Å²) in [6.45, 7) is 15.9. The second-order valence-corrected chi connectivity index (χ2v) is 6.39. The number of nitrogens with zero attached hydrogens (tertiary/aromatic N) is 2. The maximum Gasteiger partial charge on any atom is 0.410 e. The van der Waals surface area contributed by atoms with Gasteiger partial charge in [-0.2, -0.15) is 0 Å². The van der Waals surface area contributed by atoms with E-state index in [2.05, 4.69) is 24.1 Å². The van der Waals surface area contributed by atoms with Gasteiger partial charge < -0.3 is 19.9 Å². The molecule has 0 spiro atoms. The van der Waals surface area contributed by atoms with Crippen molar-refractivity contribution in [1.82, 2.24) is 15.1 Å². The Morgan fingerprint density at radius 2 is 2.00 bits per heavy atom. The third-order valence-corrected chi connectivity index (χ3v) is 3.60. The molecule has 1 atom stereocenters. The van der Waals surface area contributed by atoms with E-state index in [0.717, 1.165) is 45.7 Å². The molecule has 1 unspecified atom stereocenters. The molecule has 1 aliphatic heterocycles. The number of amides is 1. The number of nitrogens with one attached hydrogen (secondary N) is 1. The fourth-order valence-electron chi connectivity index (χ4n) is 2.39. The number of rotatable bonds is 6. The standard InChI is InChI=1S/C15H31N3O2/c1-6-17(7-2)11-9-16-13-8-10-18(12-13)14(19)20-15(3,4)5/h13,16H,6-12H2,1-5H3. The number of likely N-dealkylation sites (N-methyl/N-ethyl adjacent to an activating group) is 1. The number of hydrogen-bond acceptors (Lipinski definition) is 4. The van der Waals surface area contributed by atoms with Gasteiger partial charge in [0.1, 0.15) is 5.60 Å². The largest absolute Gasteiger partial charge is 0.444 e. The van der Waals surface area contributed by atoms with Crippen LogP contribution in [0.1, 0.15) is 41.0 Å². The Balaban J connectivity index is 2.24. The summed E-state index contributed by atoms with van der Waals surface area (Å²) >= 11 is 0. The van der Waals surface area contributed by atoms with Crippen LogP contribution in [0, 0.1) is 0 Å². The van der Waals surface area contributed by atoms with Crippen molar-refractivity contribution in [3.8, 4) is 0 Å². The predicted octanol–water partition coefficient (Wildman–Crippen LogP) is 1.93. The molecular weight excluding hydrogens is 254 g/mol. The van der Waals surface area contributed by atoms with Gasteiger partial charge in [0.05, 0.1) is 0 Å². The van der Waals surface area contributed by atoms with Gasteiger partial charge in [-0.05, 0) is 40.3 Å². The summed E-state index contributed by atoms with van der Waals surface area (Å²) in [6.07, 6.45) is 0.822. The van der Waals surface area contributed by atoms with E-state index in [-0.39, 0.29) is 6.09 Å². The zero-order chi connectivity index (χ0) is 15.2. The molecule has 1 aliphatic rings. The molecule has 0 radical (unpaired) electrons. The van der Waals surface area contributed by atoms with Crippen LogP contribution in [0.25, 0.3) is 0 Å². The van der Waals surface area contributed by atoms with E-state index in [1.54, 1.807) is 4.90 Å². The van der Waals surface area contributed by atoms with Gasteiger partial charge in [0.2, 0.25) is 0 Å². The molecule has 0 aliphatic carbocycles. The summed E-state index contributed by atoms with van der Waals surface area (Å²) in [5.41, 5.74) is -0.411. The fraction of sp³-hybridized carbons (Fsp3) is 0.933. The average Bonchev–Trinajstić information content (AvgIpc) is 2.81. The normalized spacial score (nSPS) is 19.7. The fourth-order valence-corrected chi connectivity index (χ4v) is 2.39. The van der Waals surface area contributed by atoms with Gasteiger partial charge >= 0.3 is 6.09 Å². The molecule has 0 aromatic heterocycles. The average molecular weight is 285 g/mol. The first-order valence-corrected chi connectivity index (χ1v) is 7.79. The van der Waals surface area contributed by atoms with E-state index in [4.69, 9.17) is 4.74 Å². The molecule has 0 aromatic carbocycles. The minimum Gasteiger partial charge on any atom is -0.444 e. The Hall–Kier alpha value is -0.810. The second-order valence-electron chi connectivity index (χ2n) is 6.39. The molecule has 1 N–H and O–H groups in total. The molecule has 1 amide bonds. The van der Waals surface area contributed by atoms with Crippen molar-refractivity contribution in [1.29, 1.82) is 0 Å². The maximum atomic E-state index is 11.9. The smallest absolute Gasteiger partial charge is 0.410 e. The van der Waals surface area contributed by atoms with Crippen LogP contribution in [0.3, 0.4) is 0 Å². The first kappa shape index (κ1) is 17.2. The Kier molecular flexibility index (Phi) is 6.76. The van der Waals surface area contributed by atoms with E-state index in [1.807, 2.05) is 20.8 Å². The lowest BCUT2D eigenvalue weighted by Gasteiger charge is -2.24. The van der Waals surface area contributed by atoms with Crippen LogP contribution in [-0.4, -0.2) is 66.8 Å². The van der Waals surface area contributed by atoms with Crippen LogP contribution >= 0.6 is 0 Å². The minimum atomic E-state index is -0.411. The van der Waals surface area contributed by atoms with Gasteiger partial charge in [-0.15, -0.1) is 0 Å². The molecule has 20 heavy (non-hydrogen) atoms. The Morgan fingerprint density at radius 3 is 2.55 bits per heavy atom. The first-order chi connectivity index (χ1) is 9.35. The van der Waals surface area contributed by atoms with Gasteiger partial charge in [0.15, 0.2) is 0 Å². The van der Waals surface area contributed by atoms with Gasteiger partial charge in [-0.25, -0.2) is 4.79 Å². The lowest BCUT2D eigenvalue weighted by atomic mass is 10.2. The van der Waals surface area contributed by atoms with Crippen LogP contribution in [0.2, 0.25) is 0 Å². The highest BCUT2D eigenvalue weighted by molar-refractivity contribution is 5.68. The molecule has 0 aromatic rings. The van der Waals surface area contributed by atoms with Crippen molar-refractivity contribution in [2.45, 2.75) is 52.7 Å². The lowest BCUT2D eigenvalue weighted by molar-refractivity contribution is 0.0291. The van der Waals surface area contributed by atoms with Crippen LogP contribution < -0.4 is 5.32 Å². The Bertz CT molecular complexity index is 298. The summed E-state index contributed by atoms with van der Waals surface area (Å²) in [5.74, 6) is 0. The first-order valence-electron chi connectivity index (χ1n) is 7.79. The predicted molar refractivity (Wildman–Crippen MR) is 82.0 cm³/mol. The van der Waals surface area contributed by atoms with Crippen LogP contribution in [0.4, 0.5) is 4.79 Å². The zero-order valence-electron chi connectivity index (χ0n) is 13.7. The third kappa shape index (κ3) is 6.09. The monoisotopic (exact) mass is 285 g/mol. The molecule has 1 fully saturated rings. The summed E-state index contributed by atoms with van der Waals surface area (Å²) < 4.78 is 5.40. The molecule has 0 saturated carbocycles. The maximum absolute atomic E-state index is 11.9. The molecule has 1 saturated heterocycles. The summed E-state index contributed by atoms with van der Waals surface area (Å²) in [5, 5.41) is 3.54. The minimum absolute atomic E-state index is 0.189. The highest BCUT2D eigenvalue weighted by atomic mass is 16.6. The molecule has 1 rings (SSSR count). The van der Waals surface area contributed by atoms with Crippen molar-refractivity contribution in [3.05, 3.63) is 0 Å². The lowest BCUT2D eigenvalue weighted by Crippen LogP contribution is -2.40. The molecule has 5 nitrogen and oxygen atoms in total. The van der Waals surface area contributed by atoms with E-state index in [9.17, 15) is 4.79 Å². The van der Waals surface area contributed by atoms with E-state index in [0.29, 0.717) is 6.04 Å². The summed E-state index contributed by atoms with van der Waals surface area (Å²) in [7, 11) is 0. The third-order valence-electron chi connectivity index (χ3n) is 3.60. The topological polar surface area (TPSA) is 44.8 Å². The zero-order valence-corrected chi connectivity index (χ0v) is 13.7. The van der Waals surface area contributed by atoms with Gasteiger partial charge in [0, 0.05) is 32.2 Å². The molecule has 118 valence electrons. The van der Waals surface area contributed by atoms with Gasteiger partial charge in [0.25, 0.3) is 0 Å². The second kappa shape index (κ2) is 7.84. The SMILES string of the molecule is CCN(CC)CCNC1CCN(C(=O)OC(C)(C)C)C1. The number of ether oxygens (including phenoxy) is 1. The van der Waals surface area contributed by atoms with Crippen molar-refractivity contribution in [3.63, 3.8) is 0 Å². The number of likely N-dealkylation sites (tertiary alicyclic amines) is 1. The summed E-state index contributed by atoms with van der Waals surface area (Å²) in [4.78, 5) is 16.2. The van der Waals surface area contributed by atoms with E-state index < -0.39 is 5.60 Å². The van der Waals surface area contributed by atoms with Gasteiger partial charge in [-0.3, -0.25) is 0 Å². The highest BCUT2D eigenvalue weighted by Crippen LogP contribution is 2.15. The summed E-state index contributed by atoms with van der Waals surface area (Å²) in [6, 6.07) is 0.401. The molecule has 1 heterocycles. The van der Waals surface area contributed by atoms with Crippen molar-refractivity contribution in [2.24, 2.45) is 0 Å². The van der Waals surface area contributed by atoms with E-state index >= 15 is 0 Å². The Labute approximate surface area is 123 Å².